The lowest BCUT2D eigenvalue weighted by molar-refractivity contribution is 0.0116. The number of rotatable bonds is 10. The van der Waals surface area contributed by atoms with Gasteiger partial charge in [0.05, 0.1) is 19.3 Å². The van der Waals surface area contributed by atoms with Crippen LogP contribution in [0.5, 0.6) is 5.75 Å². The molecule has 1 aliphatic rings. The molecule has 3 rings (SSSR count). The summed E-state index contributed by atoms with van der Waals surface area (Å²) in [5, 5.41) is 0. The van der Waals surface area contributed by atoms with Crippen molar-refractivity contribution in [3.05, 3.63) is 64.2 Å². The van der Waals surface area contributed by atoms with Crippen LogP contribution in [0.4, 0.5) is 17.6 Å². The first-order chi connectivity index (χ1) is 15.4. The molecule has 0 bridgehead atoms. The Morgan fingerprint density at radius 2 is 1.56 bits per heavy atom. The molecule has 0 aromatic heterocycles. The molecule has 0 heterocycles. The Morgan fingerprint density at radius 1 is 0.812 bits per heavy atom. The Hall–Kier alpha value is -2.08. The molecule has 1 aliphatic carbocycles. The molecule has 0 atom stereocenters. The van der Waals surface area contributed by atoms with Crippen LogP contribution in [-0.4, -0.2) is 12.7 Å². The third-order valence-corrected chi connectivity index (χ3v) is 6.28. The molecule has 0 amide bonds. The molecule has 0 aliphatic heterocycles. The lowest BCUT2D eigenvalue weighted by Crippen LogP contribution is -2.21. The Kier molecular flexibility index (Phi) is 8.97. The molecule has 2 aromatic rings. The van der Waals surface area contributed by atoms with Crippen LogP contribution in [0, 0.1) is 30.2 Å². The molecule has 0 unspecified atom stereocenters. The van der Waals surface area contributed by atoms with Crippen LogP contribution in [0.2, 0.25) is 0 Å². The largest absolute Gasteiger partial charge is 0.490 e. The summed E-state index contributed by atoms with van der Waals surface area (Å²) in [4.78, 5) is 0. The van der Waals surface area contributed by atoms with E-state index < -0.39 is 23.3 Å². The minimum atomic E-state index is -0.923. The first-order valence-corrected chi connectivity index (χ1v) is 11.6. The molecule has 0 spiro atoms. The van der Waals surface area contributed by atoms with Crippen molar-refractivity contribution in [3.8, 4) is 5.75 Å². The summed E-state index contributed by atoms with van der Waals surface area (Å²) < 4.78 is 68.1. The zero-order chi connectivity index (χ0) is 23.1. The van der Waals surface area contributed by atoms with Crippen LogP contribution in [0.25, 0.3) is 0 Å². The summed E-state index contributed by atoms with van der Waals surface area (Å²) in [5.41, 5.74) is 0.813. The van der Waals surface area contributed by atoms with Crippen molar-refractivity contribution < 1.29 is 27.0 Å². The predicted molar refractivity (Wildman–Crippen MR) is 117 cm³/mol. The second-order valence-corrected chi connectivity index (χ2v) is 8.64. The summed E-state index contributed by atoms with van der Waals surface area (Å²) in [7, 11) is 0. The van der Waals surface area contributed by atoms with E-state index in [1.807, 2.05) is 0 Å². The van der Waals surface area contributed by atoms with Crippen molar-refractivity contribution in [1.29, 1.82) is 0 Å². The number of benzene rings is 2. The predicted octanol–water partition coefficient (Wildman–Crippen LogP) is 7.75. The van der Waals surface area contributed by atoms with E-state index in [0.717, 1.165) is 25.7 Å². The molecule has 0 radical (unpaired) electrons. The van der Waals surface area contributed by atoms with E-state index in [1.165, 1.54) is 25.1 Å². The quantitative estimate of drug-likeness (QED) is 0.271. The number of unbranched alkanes of at least 4 members (excludes halogenated alkanes) is 3. The molecule has 32 heavy (non-hydrogen) atoms. The number of aryl methyl sites for hydroxylation is 1. The third-order valence-electron chi connectivity index (χ3n) is 6.28. The molecule has 1 fully saturated rings. The van der Waals surface area contributed by atoms with E-state index in [2.05, 4.69) is 6.92 Å². The van der Waals surface area contributed by atoms with Gasteiger partial charge in [-0.05, 0) is 62.1 Å². The van der Waals surface area contributed by atoms with Crippen LogP contribution in [0.1, 0.15) is 80.9 Å². The zero-order valence-electron chi connectivity index (χ0n) is 18.9. The number of ether oxygens (including phenoxy) is 2. The standard InChI is InChI=1S/C26H32F4O2/c1-3-4-5-6-15-31-22-14-13-21(25(29)26(22)30)18-9-11-20(12-10-18)32-16-19-8-7-17(2)23(27)24(19)28/h7-8,13-14,18,20H,3-6,9-12,15-16H2,1-2H3. The zero-order valence-corrected chi connectivity index (χ0v) is 18.9. The van der Waals surface area contributed by atoms with Crippen molar-refractivity contribution >= 4 is 0 Å². The maximum absolute atomic E-state index is 14.7. The molecular formula is C26H32F4O2. The van der Waals surface area contributed by atoms with Gasteiger partial charge < -0.3 is 9.47 Å². The second kappa shape index (κ2) is 11.7. The summed E-state index contributed by atoms with van der Waals surface area (Å²) in [6.07, 6.45) is 6.50. The van der Waals surface area contributed by atoms with Gasteiger partial charge in [0.15, 0.2) is 23.2 Å². The Bertz CT molecular complexity index is 892. The average molecular weight is 453 g/mol. The molecule has 1 saturated carbocycles. The SMILES string of the molecule is CCCCCCOc1ccc(C2CCC(OCc3ccc(C)c(F)c3F)CC2)c(F)c1F. The highest BCUT2D eigenvalue weighted by Crippen LogP contribution is 2.37. The van der Waals surface area contributed by atoms with Gasteiger partial charge in [-0.1, -0.05) is 44.4 Å². The van der Waals surface area contributed by atoms with Gasteiger partial charge in [0.2, 0.25) is 5.82 Å². The summed E-state index contributed by atoms with van der Waals surface area (Å²) in [6.45, 7) is 3.99. The fourth-order valence-electron chi connectivity index (χ4n) is 4.23. The molecule has 2 nitrogen and oxygen atoms in total. The van der Waals surface area contributed by atoms with E-state index >= 15 is 0 Å². The van der Waals surface area contributed by atoms with Gasteiger partial charge in [0.1, 0.15) is 0 Å². The second-order valence-electron chi connectivity index (χ2n) is 8.64. The van der Waals surface area contributed by atoms with Crippen molar-refractivity contribution in [3.63, 3.8) is 0 Å². The van der Waals surface area contributed by atoms with Gasteiger partial charge >= 0.3 is 0 Å². The summed E-state index contributed by atoms with van der Waals surface area (Å²) in [5.74, 6) is -3.61. The number of halogens is 4. The maximum atomic E-state index is 14.7. The fourth-order valence-corrected chi connectivity index (χ4v) is 4.23. The van der Waals surface area contributed by atoms with Crippen LogP contribution in [-0.2, 0) is 11.3 Å². The average Bonchev–Trinajstić information content (AvgIpc) is 2.80. The van der Waals surface area contributed by atoms with Gasteiger partial charge in [-0.25, -0.2) is 13.2 Å². The van der Waals surface area contributed by atoms with Gasteiger partial charge in [0, 0.05) is 5.56 Å². The van der Waals surface area contributed by atoms with Crippen molar-refractivity contribution in [2.45, 2.75) is 83.8 Å². The lowest BCUT2D eigenvalue weighted by atomic mass is 9.82. The van der Waals surface area contributed by atoms with Crippen LogP contribution < -0.4 is 4.74 Å². The molecular weight excluding hydrogens is 420 g/mol. The Balaban J connectivity index is 1.51. The van der Waals surface area contributed by atoms with Gasteiger partial charge in [-0.3, -0.25) is 0 Å². The van der Waals surface area contributed by atoms with E-state index in [-0.39, 0.29) is 35.5 Å². The lowest BCUT2D eigenvalue weighted by Gasteiger charge is -2.29. The minimum absolute atomic E-state index is 0.00829. The van der Waals surface area contributed by atoms with Crippen LogP contribution in [0.15, 0.2) is 24.3 Å². The van der Waals surface area contributed by atoms with Crippen molar-refractivity contribution in [1.82, 2.24) is 0 Å². The maximum Gasteiger partial charge on any atom is 0.200 e. The molecule has 0 N–H and O–H groups in total. The fraction of sp³-hybridized carbons (Fsp3) is 0.538. The van der Waals surface area contributed by atoms with E-state index in [1.54, 1.807) is 6.07 Å². The molecule has 6 heteroatoms. The number of hydrogen-bond donors (Lipinski definition) is 0. The highest BCUT2D eigenvalue weighted by atomic mass is 19.2. The van der Waals surface area contributed by atoms with Crippen LogP contribution >= 0.6 is 0 Å². The van der Waals surface area contributed by atoms with Crippen molar-refractivity contribution in [2.75, 3.05) is 6.61 Å². The Labute approximate surface area is 187 Å². The number of hydrogen-bond acceptors (Lipinski definition) is 2. The summed E-state index contributed by atoms with van der Waals surface area (Å²) in [6, 6.07) is 6.20. The third kappa shape index (κ3) is 6.03. The monoisotopic (exact) mass is 452 g/mol. The Morgan fingerprint density at radius 3 is 2.28 bits per heavy atom. The first kappa shape index (κ1) is 24.6. The smallest absolute Gasteiger partial charge is 0.200 e. The highest BCUT2D eigenvalue weighted by Gasteiger charge is 2.27. The van der Waals surface area contributed by atoms with Gasteiger partial charge in [-0.2, -0.15) is 4.39 Å². The normalized spacial score (nSPS) is 18.7. The van der Waals surface area contributed by atoms with E-state index in [0.29, 0.717) is 37.9 Å². The van der Waals surface area contributed by atoms with Gasteiger partial charge in [-0.15, -0.1) is 0 Å². The van der Waals surface area contributed by atoms with E-state index in [4.69, 9.17) is 9.47 Å². The highest BCUT2D eigenvalue weighted by molar-refractivity contribution is 5.33. The summed E-state index contributed by atoms with van der Waals surface area (Å²) >= 11 is 0. The van der Waals surface area contributed by atoms with E-state index in [9.17, 15) is 17.6 Å². The molecule has 176 valence electrons. The molecule has 0 saturated heterocycles. The van der Waals surface area contributed by atoms with Crippen molar-refractivity contribution in [2.24, 2.45) is 0 Å². The first-order valence-electron chi connectivity index (χ1n) is 11.6. The minimum Gasteiger partial charge on any atom is -0.490 e. The molecule has 2 aromatic carbocycles. The van der Waals surface area contributed by atoms with Gasteiger partial charge in [0.25, 0.3) is 0 Å². The topological polar surface area (TPSA) is 18.5 Å². The van der Waals surface area contributed by atoms with Crippen LogP contribution in [0.3, 0.4) is 0 Å².